The first-order valence-corrected chi connectivity index (χ1v) is 10.5. The maximum Gasteiger partial charge on any atom is 0.228 e. The summed E-state index contributed by atoms with van der Waals surface area (Å²) in [6.07, 6.45) is 6.72. The molecule has 0 fully saturated rings. The quantitative estimate of drug-likeness (QED) is 0.502. The third-order valence-corrected chi connectivity index (χ3v) is 5.14. The number of nitrogens with zero attached hydrogens (tertiary/aromatic N) is 2. The molecule has 2 rings (SSSR count). The average Bonchev–Trinajstić information content (AvgIpc) is 2.73. The molecule has 1 aromatic rings. The summed E-state index contributed by atoms with van der Waals surface area (Å²) in [5.41, 5.74) is 3.68. The van der Waals surface area contributed by atoms with Crippen LogP contribution in [0.5, 0.6) is 5.75 Å². The van der Waals surface area contributed by atoms with Crippen molar-refractivity contribution in [2.24, 2.45) is 0 Å². The Morgan fingerprint density at radius 2 is 1.79 bits per heavy atom. The Labute approximate surface area is 179 Å². The van der Waals surface area contributed by atoms with Crippen LogP contribution in [0.15, 0.2) is 65.6 Å². The molecule has 0 aliphatic carbocycles. The van der Waals surface area contributed by atoms with Gasteiger partial charge in [0.05, 0.1) is 18.1 Å². The summed E-state index contributed by atoms with van der Waals surface area (Å²) in [5.74, 6) is 0.927. The van der Waals surface area contributed by atoms with Gasteiger partial charge in [0.2, 0.25) is 5.91 Å². The number of halogens is 1. The second kappa shape index (κ2) is 10.9. The molecule has 0 radical (unpaired) electrons. The minimum atomic E-state index is 0.0825. The topological polar surface area (TPSA) is 32.8 Å². The van der Waals surface area contributed by atoms with E-state index in [-0.39, 0.29) is 12.3 Å². The van der Waals surface area contributed by atoms with Crippen molar-refractivity contribution < 1.29 is 9.53 Å². The zero-order valence-electron chi connectivity index (χ0n) is 17.9. The molecule has 1 aliphatic rings. The van der Waals surface area contributed by atoms with Crippen LogP contribution >= 0.6 is 11.6 Å². The van der Waals surface area contributed by atoms with Gasteiger partial charge in [-0.3, -0.25) is 4.79 Å². The van der Waals surface area contributed by atoms with Crippen molar-refractivity contribution in [3.63, 3.8) is 0 Å². The maximum atomic E-state index is 12.9. The summed E-state index contributed by atoms with van der Waals surface area (Å²) in [5, 5.41) is 0.598. The molecule has 0 bridgehead atoms. The Balaban J connectivity index is 2.43. The molecule has 1 aromatic carbocycles. The minimum Gasteiger partial charge on any atom is -0.494 e. The molecule has 29 heavy (non-hydrogen) atoms. The zero-order valence-corrected chi connectivity index (χ0v) is 18.6. The van der Waals surface area contributed by atoms with Gasteiger partial charge in [0.25, 0.3) is 0 Å². The van der Waals surface area contributed by atoms with Crippen molar-refractivity contribution in [1.82, 2.24) is 9.80 Å². The first kappa shape index (κ1) is 22.8. The number of hydrogen-bond acceptors (Lipinski definition) is 3. The molecular weight excluding hydrogens is 384 g/mol. The van der Waals surface area contributed by atoms with Crippen LogP contribution < -0.4 is 4.74 Å². The van der Waals surface area contributed by atoms with Gasteiger partial charge in [0, 0.05) is 30.7 Å². The van der Waals surface area contributed by atoms with Gasteiger partial charge in [-0.15, -0.1) is 0 Å². The monoisotopic (exact) mass is 414 g/mol. The highest BCUT2D eigenvalue weighted by Gasteiger charge is 2.21. The lowest BCUT2D eigenvalue weighted by atomic mass is 10.0. The maximum absolute atomic E-state index is 12.9. The fourth-order valence-corrected chi connectivity index (χ4v) is 3.33. The van der Waals surface area contributed by atoms with Gasteiger partial charge in [-0.25, -0.2) is 0 Å². The van der Waals surface area contributed by atoms with Crippen LogP contribution in [0.4, 0.5) is 0 Å². The number of rotatable bonds is 9. The van der Waals surface area contributed by atoms with E-state index < -0.39 is 0 Å². The van der Waals surface area contributed by atoms with Crippen molar-refractivity contribution >= 4 is 23.1 Å². The predicted octanol–water partition coefficient (Wildman–Crippen LogP) is 5.93. The van der Waals surface area contributed by atoms with E-state index >= 15 is 0 Å². The molecule has 0 spiro atoms. The molecule has 1 aliphatic heterocycles. The SMILES string of the molecule is C=C1C=CC(Cl)=CN1/C(CC(=O)N(CC)CC)=C(\C)c1ccc(OCCC)cc1. The van der Waals surface area contributed by atoms with Crippen LogP contribution in [0.2, 0.25) is 0 Å². The minimum absolute atomic E-state index is 0.0825. The highest BCUT2D eigenvalue weighted by atomic mass is 35.5. The lowest BCUT2D eigenvalue weighted by Crippen LogP contribution is -2.32. The average molecular weight is 415 g/mol. The summed E-state index contributed by atoms with van der Waals surface area (Å²) in [4.78, 5) is 16.7. The second-order valence-corrected chi connectivity index (χ2v) is 7.33. The van der Waals surface area contributed by atoms with E-state index in [1.54, 1.807) is 6.08 Å². The molecule has 0 unspecified atom stereocenters. The molecule has 156 valence electrons. The zero-order chi connectivity index (χ0) is 21.4. The van der Waals surface area contributed by atoms with Crippen LogP contribution in [0.1, 0.15) is 46.1 Å². The second-order valence-electron chi connectivity index (χ2n) is 6.90. The van der Waals surface area contributed by atoms with Gasteiger partial charge >= 0.3 is 0 Å². The molecule has 1 amide bonds. The van der Waals surface area contributed by atoms with Gasteiger partial charge in [0.1, 0.15) is 5.75 Å². The normalized spacial score (nSPS) is 14.4. The van der Waals surface area contributed by atoms with Crippen LogP contribution in [0.3, 0.4) is 0 Å². The van der Waals surface area contributed by atoms with Gasteiger partial charge < -0.3 is 14.5 Å². The molecule has 0 saturated heterocycles. The van der Waals surface area contributed by atoms with E-state index in [2.05, 4.69) is 13.5 Å². The molecule has 0 N–H and O–H groups in total. The largest absolute Gasteiger partial charge is 0.494 e. The number of ether oxygens (including phenoxy) is 1. The number of carbonyl (C=O) groups excluding carboxylic acids is 1. The van der Waals surface area contributed by atoms with E-state index in [9.17, 15) is 4.79 Å². The van der Waals surface area contributed by atoms with Crippen molar-refractivity contribution in [1.29, 1.82) is 0 Å². The molecule has 1 heterocycles. The smallest absolute Gasteiger partial charge is 0.228 e. The Bertz CT molecular complexity index is 818. The standard InChI is InChI=1S/C24H31ClN2O2/c1-6-15-29-22-13-10-20(11-14-22)19(5)23(16-24(28)26(7-2)8-3)27-17-21(25)12-9-18(27)4/h9-14,17H,4,6-8,15-16H2,1-3,5H3/b23-19+. The van der Waals surface area contributed by atoms with Crippen LogP contribution in [-0.4, -0.2) is 35.4 Å². The summed E-state index contributed by atoms with van der Waals surface area (Å²) in [7, 11) is 0. The lowest BCUT2D eigenvalue weighted by molar-refractivity contribution is -0.130. The van der Waals surface area contributed by atoms with Crippen molar-refractivity contribution in [3.8, 4) is 5.75 Å². The van der Waals surface area contributed by atoms with Crippen molar-refractivity contribution in [2.75, 3.05) is 19.7 Å². The number of hydrogen-bond donors (Lipinski definition) is 0. The molecule has 0 saturated carbocycles. The van der Waals surface area contributed by atoms with Gasteiger partial charge in [0.15, 0.2) is 0 Å². The van der Waals surface area contributed by atoms with Crippen molar-refractivity contribution in [2.45, 2.75) is 40.5 Å². The summed E-state index contributed by atoms with van der Waals surface area (Å²) in [6, 6.07) is 7.98. The third-order valence-electron chi connectivity index (χ3n) is 4.92. The van der Waals surface area contributed by atoms with Gasteiger partial charge in [-0.2, -0.15) is 0 Å². The Hall–Kier alpha value is -2.46. The number of amides is 1. The molecular formula is C24H31ClN2O2. The van der Waals surface area contributed by atoms with E-state index in [1.807, 2.05) is 67.1 Å². The Kier molecular flexibility index (Phi) is 8.59. The summed E-state index contributed by atoms with van der Waals surface area (Å²) in [6.45, 7) is 14.3. The van der Waals surface area contributed by atoms with E-state index in [0.717, 1.165) is 34.7 Å². The molecule has 0 aromatic heterocycles. The lowest BCUT2D eigenvalue weighted by Gasteiger charge is -2.30. The van der Waals surface area contributed by atoms with E-state index in [1.165, 1.54) is 0 Å². The molecule has 5 heteroatoms. The third kappa shape index (κ3) is 6.01. The molecule has 4 nitrogen and oxygen atoms in total. The highest BCUT2D eigenvalue weighted by Crippen LogP contribution is 2.31. The fraction of sp³-hybridized carbons (Fsp3) is 0.375. The Morgan fingerprint density at radius 3 is 2.38 bits per heavy atom. The first-order chi connectivity index (χ1) is 13.9. The summed E-state index contributed by atoms with van der Waals surface area (Å²) < 4.78 is 5.69. The first-order valence-electron chi connectivity index (χ1n) is 10.2. The van der Waals surface area contributed by atoms with E-state index in [4.69, 9.17) is 16.3 Å². The predicted molar refractivity (Wildman–Crippen MR) is 121 cm³/mol. The number of carbonyl (C=O) groups is 1. The van der Waals surface area contributed by atoms with Gasteiger partial charge in [-0.1, -0.05) is 37.2 Å². The highest BCUT2D eigenvalue weighted by molar-refractivity contribution is 6.31. The Morgan fingerprint density at radius 1 is 1.14 bits per heavy atom. The number of allylic oxidation sites excluding steroid dienone is 4. The van der Waals surface area contributed by atoms with E-state index in [0.29, 0.717) is 24.7 Å². The summed E-state index contributed by atoms with van der Waals surface area (Å²) >= 11 is 6.25. The van der Waals surface area contributed by atoms with Crippen LogP contribution in [0, 0.1) is 0 Å². The van der Waals surface area contributed by atoms with Crippen LogP contribution in [0.25, 0.3) is 5.57 Å². The van der Waals surface area contributed by atoms with Crippen LogP contribution in [-0.2, 0) is 4.79 Å². The number of benzene rings is 1. The van der Waals surface area contributed by atoms with Gasteiger partial charge in [-0.05, 0) is 62.6 Å². The van der Waals surface area contributed by atoms with Crippen molar-refractivity contribution in [3.05, 3.63) is 71.2 Å². The fourth-order valence-electron chi connectivity index (χ4n) is 3.17. The molecule has 0 atom stereocenters.